The molecule has 0 aromatic heterocycles. The second-order valence-corrected chi connectivity index (χ2v) is 5.77. The van der Waals surface area contributed by atoms with Crippen LogP contribution in [-0.2, 0) is 9.47 Å². The smallest absolute Gasteiger partial charge is 0.338 e. The van der Waals surface area contributed by atoms with Gasteiger partial charge in [0.1, 0.15) is 0 Å². The van der Waals surface area contributed by atoms with Gasteiger partial charge in [-0.05, 0) is 44.4 Å². The summed E-state index contributed by atoms with van der Waals surface area (Å²) in [5.74, 6) is -0.312. The Hall–Kier alpha value is -1.20. The lowest BCUT2D eigenvalue weighted by Crippen LogP contribution is -2.40. The van der Waals surface area contributed by atoms with Crippen molar-refractivity contribution >= 4 is 24.3 Å². The second-order valence-electron chi connectivity index (χ2n) is 5.26. The van der Waals surface area contributed by atoms with Crippen LogP contribution in [0.5, 0.6) is 0 Å². The van der Waals surface area contributed by atoms with Crippen molar-refractivity contribution in [3.8, 4) is 0 Å². The fourth-order valence-electron chi connectivity index (χ4n) is 2.93. The first-order valence-electron chi connectivity index (χ1n) is 7.34. The van der Waals surface area contributed by atoms with Crippen LogP contribution < -0.4 is 4.90 Å². The van der Waals surface area contributed by atoms with Crippen molar-refractivity contribution in [2.24, 2.45) is 0 Å². The van der Waals surface area contributed by atoms with E-state index in [2.05, 4.69) is 24.5 Å². The molecule has 5 heteroatoms. The molecule has 0 spiro atoms. The molecule has 1 fully saturated rings. The van der Waals surface area contributed by atoms with Crippen molar-refractivity contribution in [1.29, 1.82) is 0 Å². The van der Waals surface area contributed by atoms with Crippen LogP contribution in [0, 0.1) is 6.92 Å². The van der Waals surface area contributed by atoms with Gasteiger partial charge in [-0.3, -0.25) is 0 Å². The summed E-state index contributed by atoms with van der Waals surface area (Å²) >= 11 is 4.44. The first-order valence-corrected chi connectivity index (χ1v) is 7.79. The average molecular weight is 309 g/mol. The van der Waals surface area contributed by atoms with E-state index in [1.54, 1.807) is 6.07 Å². The van der Waals surface area contributed by atoms with E-state index in [0.717, 1.165) is 48.7 Å². The van der Waals surface area contributed by atoms with Gasteiger partial charge in [-0.1, -0.05) is 0 Å². The number of anilines is 1. The predicted molar refractivity (Wildman–Crippen MR) is 86.6 cm³/mol. The van der Waals surface area contributed by atoms with Crippen molar-refractivity contribution in [3.05, 3.63) is 23.3 Å². The number of hydrogen-bond acceptors (Lipinski definition) is 5. The third kappa shape index (κ3) is 3.52. The molecule has 0 aliphatic carbocycles. The standard InChI is InChI=1S/C16H23NO3S/c1-4-17(12-5-7-20-8-6-12)15-10-13(21)9-14(11(15)2)16(18)19-3/h9-10,12,21H,4-8H2,1-3H3. The highest BCUT2D eigenvalue weighted by atomic mass is 32.1. The molecule has 0 bridgehead atoms. The van der Waals surface area contributed by atoms with Gasteiger partial charge in [0, 0.05) is 36.4 Å². The maximum Gasteiger partial charge on any atom is 0.338 e. The molecule has 2 rings (SSSR count). The van der Waals surface area contributed by atoms with Gasteiger partial charge in [-0.15, -0.1) is 12.6 Å². The number of hydrogen-bond donors (Lipinski definition) is 1. The molecule has 1 aliphatic heterocycles. The highest BCUT2D eigenvalue weighted by Gasteiger charge is 2.24. The summed E-state index contributed by atoms with van der Waals surface area (Å²) in [5, 5.41) is 0. The maximum atomic E-state index is 11.9. The molecule has 0 unspecified atom stereocenters. The van der Waals surface area contributed by atoms with Crippen LogP contribution in [0.25, 0.3) is 0 Å². The number of benzene rings is 1. The van der Waals surface area contributed by atoms with Crippen LogP contribution >= 0.6 is 12.6 Å². The Kier molecular flexibility index (Phi) is 5.53. The van der Waals surface area contributed by atoms with Gasteiger partial charge in [0.2, 0.25) is 0 Å². The molecule has 1 heterocycles. The van der Waals surface area contributed by atoms with Crippen molar-refractivity contribution in [1.82, 2.24) is 0 Å². The summed E-state index contributed by atoms with van der Waals surface area (Å²) in [6.07, 6.45) is 2.02. The molecule has 0 atom stereocenters. The highest BCUT2D eigenvalue weighted by Crippen LogP contribution is 2.31. The molecule has 1 aromatic carbocycles. The highest BCUT2D eigenvalue weighted by molar-refractivity contribution is 7.80. The van der Waals surface area contributed by atoms with Crippen molar-refractivity contribution < 1.29 is 14.3 Å². The SMILES string of the molecule is CCN(c1cc(S)cc(C(=O)OC)c1C)C1CCOCC1. The number of methoxy groups -OCH3 is 1. The van der Waals surface area contributed by atoms with E-state index in [9.17, 15) is 4.79 Å². The van der Waals surface area contributed by atoms with E-state index < -0.39 is 0 Å². The van der Waals surface area contributed by atoms with Crippen LogP contribution in [-0.4, -0.2) is 38.9 Å². The van der Waals surface area contributed by atoms with Gasteiger partial charge in [-0.2, -0.15) is 0 Å². The van der Waals surface area contributed by atoms with Crippen LogP contribution in [0.1, 0.15) is 35.7 Å². The molecule has 21 heavy (non-hydrogen) atoms. The predicted octanol–water partition coefficient (Wildman–Crippen LogP) is 3.08. The van der Waals surface area contributed by atoms with Crippen LogP contribution in [0.15, 0.2) is 17.0 Å². The molecule has 1 saturated heterocycles. The zero-order valence-corrected chi connectivity index (χ0v) is 13.8. The van der Waals surface area contributed by atoms with Gasteiger partial charge in [-0.25, -0.2) is 4.79 Å². The lowest BCUT2D eigenvalue weighted by Gasteiger charge is -2.36. The molecule has 0 N–H and O–H groups in total. The molecule has 0 amide bonds. The number of nitrogens with zero attached hydrogens (tertiary/aromatic N) is 1. The summed E-state index contributed by atoms with van der Waals surface area (Å²) in [6, 6.07) is 4.25. The topological polar surface area (TPSA) is 38.8 Å². The molecule has 4 nitrogen and oxygen atoms in total. The van der Waals surface area contributed by atoms with Gasteiger partial charge in [0.25, 0.3) is 0 Å². The summed E-state index contributed by atoms with van der Waals surface area (Å²) in [4.78, 5) is 15.1. The van der Waals surface area contributed by atoms with E-state index in [1.807, 2.05) is 13.0 Å². The maximum absolute atomic E-state index is 11.9. The third-order valence-corrected chi connectivity index (χ3v) is 4.31. The van der Waals surface area contributed by atoms with E-state index >= 15 is 0 Å². The Balaban J connectivity index is 2.40. The van der Waals surface area contributed by atoms with E-state index in [0.29, 0.717) is 11.6 Å². The van der Waals surface area contributed by atoms with Crippen LogP contribution in [0.4, 0.5) is 5.69 Å². The quantitative estimate of drug-likeness (QED) is 0.685. The minimum atomic E-state index is -0.312. The number of carbonyl (C=O) groups excluding carboxylic acids is 1. The molecule has 116 valence electrons. The van der Waals surface area contributed by atoms with Crippen molar-refractivity contribution in [3.63, 3.8) is 0 Å². The van der Waals surface area contributed by atoms with Crippen LogP contribution in [0.3, 0.4) is 0 Å². The van der Waals surface area contributed by atoms with Crippen LogP contribution in [0.2, 0.25) is 0 Å². The lowest BCUT2D eigenvalue weighted by molar-refractivity contribution is 0.0599. The molecular weight excluding hydrogens is 286 g/mol. The Bertz CT molecular complexity index is 512. The number of carbonyl (C=O) groups is 1. The lowest BCUT2D eigenvalue weighted by atomic mass is 10.0. The van der Waals surface area contributed by atoms with Crippen molar-refractivity contribution in [2.75, 3.05) is 31.8 Å². The summed E-state index contributed by atoms with van der Waals surface area (Å²) in [7, 11) is 1.41. The number of thiol groups is 1. The third-order valence-electron chi connectivity index (χ3n) is 4.05. The molecule has 1 aromatic rings. The summed E-state index contributed by atoms with van der Waals surface area (Å²) in [5.41, 5.74) is 2.61. The second kappa shape index (κ2) is 7.18. The molecule has 0 radical (unpaired) electrons. The Morgan fingerprint density at radius 2 is 2.10 bits per heavy atom. The zero-order valence-electron chi connectivity index (χ0n) is 12.9. The van der Waals surface area contributed by atoms with Crippen molar-refractivity contribution in [2.45, 2.75) is 37.6 Å². The molecular formula is C16H23NO3S. The van der Waals surface area contributed by atoms with Gasteiger partial charge >= 0.3 is 5.97 Å². The van der Waals surface area contributed by atoms with E-state index in [-0.39, 0.29) is 5.97 Å². The summed E-state index contributed by atoms with van der Waals surface area (Å²) < 4.78 is 10.3. The Morgan fingerprint density at radius 1 is 1.43 bits per heavy atom. The number of rotatable bonds is 4. The Morgan fingerprint density at radius 3 is 2.67 bits per heavy atom. The average Bonchev–Trinajstić information content (AvgIpc) is 2.51. The fraction of sp³-hybridized carbons (Fsp3) is 0.562. The first-order chi connectivity index (χ1) is 10.1. The normalized spacial score (nSPS) is 15.8. The minimum absolute atomic E-state index is 0.312. The van der Waals surface area contributed by atoms with E-state index in [4.69, 9.17) is 9.47 Å². The number of esters is 1. The van der Waals surface area contributed by atoms with E-state index in [1.165, 1.54) is 7.11 Å². The summed E-state index contributed by atoms with van der Waals surface area (Å²) in [6.45, 7) is 6.59. The fourth-order valence-corrected chi connectivity index (χ4v) is 3.18. The number of ether oxygens (including phenoxy) is 2. The molecule has 0 saturated carbocycles. The zero-order chi connectivity index (χ0) is 15.4. The monoisotopic (exact) mass is 309 g/mol. The minimum Gasteiger partial charge on any atom is -0.465 e. The first kappa shape index (κ1) is 16.2. The largest absolute Gasteiger partial charge is 0.465 e. The van der Waals surface area contributed by atoms with Gasteiger partial charge in [0.15, 0.2) is 0 Å². The molecule has 1 aliphatic rings. The Labute approximate surface area is 131 Å². The van der Waals surface area contributed by atoms with Gasteiger partial charge in [0.05, 0.1) is 12.7 Å². The van der Waals surface area contributed by atoms with Gasteiger partial charge < -0.3 is 14.4 Å².